The van der Waals surface area contributed by atoms with Crippen molar-refractivity contribution in [1.29, 1.82) is 0 Å². The molecular weight excluding hydrogens is 413 g/mol. The lowest BCUT2D eigenvalue weighted by Gasteiger charge is -2.16. The van der Waals surface area contributed by atoms with E-state index in [2.05, 4.69) is 22.6 Å². The summed E-state index contributed by atoms with van der Waals surface area (Å²) in [7, 11) is 0. The van der Waals surface area contributed by atoms with Gasteiger partial charge in [-0.05, 0) is 58.0 Å². The van der Waals surface area contributed by atoms with E-state index in [1.807, 2.05) is 12.1 Å². The summed E-state index contributed by atoms with van der Waals surface area (Å²) in [5, 5.41) is 0.236. The van der Waals surface area contributed by atoms with E-state index in [0.717, 1.165) is 32.4 Å². The molecule has 0 aliphatic carbocycles. The molecule has 0 spiro atoms. The molecule has 1 aliphatic heterocycles. The smallest absolute Gasteiger partial charge is 0.127 e. The maximum absolute atomic E-state index is 13.2. The van der Waals surface area contributed by atoms with Gasteiger partial charge in [0, 0.05) is 20.6 Å². The molecule has 0 amide bonds. The minimum absolute atomic E-state index is 0.269. The van der Waals surface area contributed by atoms with Crippen LogP contribution in [-0.2, 0) is 6.42 Å². The number of rotatable bonds is 2. The highest BCUT2D eigenvalue weighted by Gasteiger charge is 2.24. The fraction of sp³-hybridized carbons (Fsp3) is 0.200. The van der Waals surface area contributed by atoms with Gasteiger partial charge in [0.05, 0.1) is 12.0 Å². The molecule has 1 unspecified atom stereocenters. The van der Waals surface area contributed by atoms with Crippen LogP contribution in [0.5, 0.6) is 5.75 Å². The zero-order chi connectivity index (χ0) is 14.3. The van der Waals surface area contributed by atoms with Gasteiger partial charge in [0.2, 0.25) is 0 Å². The number of alkyl halides is 1. The summed E-state index contributed by atoms with van der Waals surface area (Å²) in [5.74, 6) is 0.545. The standard InChI is InChI=1S/C15H10Cl2FIO/c16-9-5-8-3-4-20-15(8)12(6-9)14(17)11-2-1-10(18)7-13(11)19/h1-2,5-7,14H,3-4H2. The van der Waals surface area contributed by atoms with Crippen molar-refractivity contribution in [2.45, 2.75) is 11.8 Å². The first-order valence-electron chi connectivity index (χ1n) is 6.10. The molecule has 104 valence electrons. The van der Waals surface area contributed by atoms with Gasteiger partial charge < -0.3 is 4.74 Å². The summed E-state index contributed by atoms with van der Waals surface area (Å²) < 4.78 is 19.7. The Bertz CT molecular complexity index is 675. The molecule has 3 rings (SSSR count). The fourth-order valence-corrected chi connectivity index (χ4v) is 3.94. The maximum Gasteiger partial charge on any atom is 0.127 e. The van der Waals surface area contributed by atoms with Gasteiger partial charge in [-0.15, -0.1) is 11.6 Å². The molecule has 1 heterocycles. The van der Waals surface area contributed by atoms with Crippen LogP contribution >= 0.6 is 45.8 Å². The average Bonchev–Trinajstić information content (AvgIpc) is 2.85. The van der Waals surface area contributed by atoms with Crippen molar-refractivity contribution in [3.8, 4) is 5.75 Å². The Labute approximate surface area is 140 Å². The van der Waals surface area contributed by atoms with Gasteiger partial charge in [-0.25, -0.2) is 4.39 Å². The number of benzene rings is 2. The summed E-state index contributed by atoms with van der Waals surface area (Å²) in [6.07, 6.45) is 0.840. The molecule has 0 N–H and O–H groups in total. The van der Waals surface area contributed by atoms with Crippen molar-refractivity contribution in [2.75, 3.05) is 6.61 Å². The van der Waals surface area contributed by atoms with Crippen LogP contribution in [0, 0.1) is 9.39 Å². The second-order valence-electron chi connectivity index (χ2n) is 4.61. The highest BCUT2D eigenvalue weighted by atomic mass is 127. The van der Waals surface area contributed by atoms with Gasteiger partial charge >= 0.3 is 0 Å². The average molecular weight is 423 g/mol. The number of halogens is 4. The molecule has 2 aromatic rings. The largest absolute Gasteiger partial charge is 0.493 e. The molecule has 1 atom stereocenters. The third kappa shape index (κ3) is 2.63. The van der Waals surface area contributed by atoms with E-state index < -0.39 is 5.38 Å². The highest BCUT2D eigenvalue weighted by Crippen LogP contribution is 2.42. The normalized spacial score (nSPS) is 14.8. The summed E-state index contributed by atoms with van der Waals surface area (Å²) in [4.78, 5) is 0. The van der Waals surface area contributed by atoms with Crippen LogP contribution in [0.25, 0.3) is 0 Å². The Morgan fingerprint density at radius 3 is 2.75 bits per heavy atom. The molecule has 20 heavy (non-hydrogen) atoms. The highest BCUT2D eigenvalue weighted by molar-refractivity contribution is 14.1. The van der Waals surface area contributed by atoms with Gasteiger partial charge in [-0.1, -0.05) is 17.7 Å². The Morgan fingerprint density at radius 2 is 2.00 bits per heavy atom. The van der Waals surface area contributed by atoms with Crippen molar-refractivity contribution in [2.24, 2.45) is 0 Å². The molecular formula is C15H10Cl2FIO. The van der Waals surface area contributed by atoms with Crippen LogP contribution in [-0.4, -0.2) is 6.61 Å². The monoisotopic (exact) mass is 422 g/mol. The topological polar surface area (TPSA) is 9.23 Å². The van der Waals surface area contributed by atoms with Crippen LogP contribution in [0.4, 0.5) is 4.39 Å². The molecule has 2 aromatic carbocycles. The molecule has 1 aliphatic rings. The predicted octanol–water partition coefficient (Wildman–Crippen LogP) is 5.35. The first-order chi connectivity index (χ1) is 9.56. The first kappa shape index (κ1) is 14.4. The van der Waals surface area contributed by atoms with E-state index in [0.29, 0.717) is 11.6 Å². The van der Waals surface area contributed by atoms with E-state index in [9.17, 15) is 4.39 Å². The Kier molecular flexibility index (Phi) is 4.11. The van der Waals surface area contributed by atoms with Crippen molar-refractivity contribution < 1.29 is 9.13 Å². The van der Waals surface area contributed by atoms with Gasteiger partial charge in [-0.2, -0.15) is 0 Å². The summed E-state index contributed by atoms with van der Waals surface area (Å²) in [6.45, 7) is 0.646. The first-order valence-corrected chi connectivity index (χ1v) is 7.99. The van der Waals surface area contributed by atoms with Gasteiger partial charge in [0.15, 0.2) is 0 Å². The van der Waals surface area contributed by atoms with Gasteiger partial charge in [-0.3, -0.25) is 0 Å². The van der Waals surface area contributed by atoms with Crippen LogP contribution < -0.4 is 4.74 Å². The molecule has 5 heteroatoms. The number of fused-ring (bicyclic) bond motifs is 1. The SMILES string of the molecule is Fc1ccc(C(Cl)c2cc(Cl)cc3c2OCC3)c(I)c1. The van der Waals surface area contributed by atoms with Crippen LogP contribution in [0.2, 0.25) is 5.02 Å². The van der Waals surface area contributed by atoms with Gasteiger partial charge in [0.25, 0.3) is 0 Å². The summed E-state index contributed by atoms with van der Waals surface area (Å²) in [5.41, 5.74) is 2.78. The van der Waals surface area contributed by atoms with Crippen LogP contribution in [0.1, 0.15) is 22.1 Å². The lowest BCUT2D eigenvalue weighted by molar-refractivity contribution is 0.353. The predicted molar refractivity (Wildman–Crippen MR) is 87.5 cm³/mol. The quantitative estimate of drug-likeness (QED) is 0.468. The summed E-state index contributed by atoms with van der Waals surface area (Å²) >= 11 is 14.8. The van der Waals surface area contributed by atoms with Crippen LogP contribution in [0.15, 0.2) is 30.3 Å². The Morgan fingerprint density at radius 1 is 1.20 bits per heavy atom. The fourth-order valence-electron chi connectivity index (χ4n) is 2.36. The Hall–Kier alpha value is -0.520. The second kappa shape index (κ2) is 5.70. The molecule has 0 aromatic heterocycles. The minimum atomic E-state index is -0.409. The van der Waals surface area contributed by atoms with E-state index in [1.165, 1.54) is 12.1 Å². The minimum Gasteiger partial charge on any atom is -0.493 e. The Balaban J connectivity index is 2.09. The maximum atomic E-state index is 13.2. The third-order valence-electron chi connectivity index (χ3n) is 3.29. The second-order valence-corrected chi connectivity index (χ2v) is 6.65. The molecule has 0 saturated heterocycles. The summed E-state index contributed by atoms with van der Waals surface area (Å²) in [6, 6.07) is 8.32. The van der Waals surface area contributed by atoms with E-state index >= 15 is 0 Å². The van der Waals surface area contributed by atoms with Crippen LogP contribution in [0.3, 0.4) is 0 Å². The lowest BCUT2D eigenvalue weighted by atomic mass is 10.0. The van der Waals surface area contributed by atoms with Crippen molar-refractivity contribution in [3.05, 3.63) is 61.4 Å². The lowest BCUT2D eigenvalue weighted by Crippen LogP contribution is -2.00. The molecule has 0 saturated carbocycles. The third-order valence-corrected chi connectivity index (χ3v) is 4.91. The number of ether oxygens (including phenoxy) is 1. The van der Waals surface area contributed by atoms with Gasteiger partial charge in [0.1, 0.15) is 11.6 Å². The zero-order valence-electron chi connectivity index (χ0n) is 10.3. The van der Waals surface area contributed by atoms with Crippen molar-refractivity contribution in [3.63, 3.8) is 0 Å². The van der Waals surface area contributed by atoms with E-state index in [-0.39, 0.29) is 5.82 Å². The molecule has 1 nitrogen and oxygen atoms in total. The zero-order valence-corrected chi connectivity index (χ0v) is 14.0. The van der Waals surface area contributed by atoms with Crippen molar-refractivity contribution >= 4 is 45.8 Å². The number of hydrogen-bond donors (Lipinski definition) is 0. The van der Waals surface area contributed by atoms with E-state index in [1.54, 1.807) is 6.07 Å². The van der Waals surface area contributed by atoms with E-state index in [4.69, 9.17) is 27.9 Å². The molecule has 0 bridgehead atoms. The molecule has 0 fully saturated rings. The van der Waals surface area contributed by atoms with Crippen molar-refractivity contribution in [1.82, 2.24) is 0 Å². The molecule has 0 radical (unpaired) electrons. The number of hydrogen-bond acceptors (Lipinski definition) is 1.